The fraction of sp³-hybridized carbons (Fsp3) is 0.200. The van der Waals surface area contributed by atoms with Crippen LogP contribution in [0.4, 0.5) is 0 Å². The first-order chi connectivity index (χ1) is 10.9. The lowest BCUT2D eigenvalue weighted by atomic mass is 10.3. The van der Waals surface area contributed by atoms with E-state index in [1.54, 1.807) is 12.1 Å². The van der Waals surface area contributed by atoms with Crippen LogP contribution in [0.2, 0.25) is 25.1 Å². The van der Waals surface area contributed by atoms with Gasteiger partial charge in [-0.2, -0.15) is 0 Å². The third kappa shape index (κ3) is 4.88. The summed E-state index contributed by atoms with van der Waals surface area (Å²) in [7, 11) is 0. The van der Waals surface area contributed by atoms with Gasteiger partial charge in [-0.3, -0.25) is 0 Å². The summed E-state index contributed by atoms with van der Waals surface area (Å²) >= 11 is 29.7. The quantitative estimate of drug-likeness (QED) is 0.431. The van der Waals surface area contributed by atoms with Gasteiger partial charge < -0.3 is 14.6 Å². The van der Waals surface area contributed by atoms with Crippen molar-refractivity contribution in [3.05, 3.63) is 49.4 Å². The molecular weight excluding hydrogens is 405 g/mol. The van der Waals surface area contributed by atoms with Gasteiger partial charge in [0.2, 0.25) is 0 Å². The second-order valence-corrected chi connectivity index (χ2v) is 6.44. The molecular formula is C15H11Cl5O3. The Morgan fingerprint density at radius 2 is 1.39 bits per heavy atom. The van der Waals surface area contributed by atoms with Gasteiger partial charge in [0.15, 0.2) is 5.75 Å². The van der Waals surface area contributed by atoms with E-state index in [0.717, 1.165) is 0 Å². The Bertz CT molecular complexity index is 683. The van der Waals surface area contributed by atoms with Crippen LogP contribution < -0.4 is 9.47 Å². The van der Waals surface area contributed by atoms with E-state index in [-0.39, 0.29) is 25.8 Å². The summed E-state index contributed by atoms with van der Waals surface area (Å²) in [5, 5.41) is 10.7. The SMILES string of the molecule is Oc1cc(Cl)c(OCCCOc2ccc(Cl)c(Cl)c2Cl)c(Cl)c1. The van der Waals surface area contributed by atoms with Crippen molar-refractivity contribution >= 4 is 58.0 Å². The third-order valence-corrected chi connectivity index (χ3v) is 4.61. The zero-order valence-corrected chi connectivity index (χ0v) is 15.4. The van der Waals surface area contributed by atoms with E-state index >= 15 is 0 Å². The molecule has 8 heteroatoms. The highest BCUT2D eigenvalue weighted by atomic mass is 35.5. The first kappa shape index (κ1) is 18.6. The smallest absolute Gasteiger partial charge is 0.156 e. The molecule has 124 valence electrons. The van der Waals surface area contributed by atoms with Gasteiger partial charge in [-0.1, -0.05) is 58.0 Å². The van der Waals surface area contributed by atoms with Gasteiger partial charge >= 0.3 is 0 Å². The summed E-state index contributed by atoms with van der Waals surface area (Å²) < 4.78 is 11.0. The number of halogens is 5. The van der Waals surface area contributed by atoms with Crippen LogP contribution in [0.25, 0.3) is 0 Å². The Morgan fingerprint density at radius 3 is 2.04 bits per heavy atom. The van der Waals surface area contributed by atoms with E-state index in [2.05, 4.69) is 0 Å². The number of phenolic OH excluding ortho intramolecular Hbond substituents is 1. The third-order valence-electron chi connectivity index (χ3n) is 2.78. The van der Waals surface area contributed by atoms with Crippen molar-refractivity contribution in [1.29, 1.82) is 0 Å². The molecule has 0 fully saturated rings. The standard InChI is InChI=1S/C15H11Cl5O3/c16-9-2-3-12(14(20)13(9)19)22-4-1-5-23-15-10(17)6-8(21)7-11(15)18/h2-3,6-7,21H,1,4-5H2. The monoisotopic (exact) mass is 414 g/mol. The van der Waals surface area contributed by atoms with Crippen molar-refractivity contribution in [3.63, 3.8) is 0 Å². The molecule has 0 aliphatic heterocycles. The lowest BCUT2D eigenvalue weighted by molar-refractivity contribution is 0.247. The molecule has 0 unspecified atom stereocenters. The summed E-state index contributed by atoms with van der Waals surface area (Å²) in [6.07, 6.45) is 0.560. The minimum atomic E-state index is -0.0232. The Kier molecular flexibility index (Phi) is 6.81. The molecule has 0 saturated carbocycles. The second kappa shape index (κ2) is 8.41. The summed E-state index contributed by atoms with van der Waals surface area (Å²) in [5.41, 5.74) is 0. The Hall–Kier alpha value is -0.710. The predicted octanol–water partition coefficient (Wildman–Crippen LogP) is 6.51. The molecule has 0 aromatic heterocycles. The van der Waals surface area contributed by atoms with Crippen molar-refractivity contribution in [2.75, 3.05) is 13.2 Å². The van der Waals surface area contributed by atoms with Crippen molar-refractivity contribution < 1.29 is 14.6 Å². The highest BCUT2D eigenvalue weighted by Crippen LogP contribution is 2.38. The number of aromatic hydroxyl groups is 1. The zero-order valence-electron chi connectivity index (χ0n) is 11.6. The normalized spacial score (nSPS) is 10.7. The van der Waals surface area contributed by atoms with Crippen LogP contribution in [0.15, 0.2) is 24.3 Å². The Labute approximate surface area is 158 Å². The maximum absolute atomic E-state index is 9.34. The number of benzene rings is 2. The molecule has 2 aromatic rings. The lowest BCUT2D eigenvalue weighted by Crippen LogP contribution is -2.06. The van der Waals surface area contributed by atoms with Crippen LogP contribution in [0.1, 0.15) is 6.42 Å². The topological polar surface area (TPSA) is 38.7 Å². The van der Waals surface area contributed by atoms with Gasteiger partial charge in [-0.15, -0.1) is 0 Å². The van der Waals surface area contributed by atoms with E-state index < -0.39 is 0 Å². The van der Waals surface area contributed by atoms with Gasteiger partial charge in [-0.25, -0.2) is 0 Å². The van der Waals surface area contributed by atoms with Gasteiger partial charge in [0.05, 0.1) is 33.3 Å². The molecule has 2 rings (SSSR count). The molecule has 2 aromatic carbocycles. The average Bonchev–Trinajstić information content (AvgIpc) is 2.48. The highest BCUT2D eigenvalue weighted by molar-refractivity contribution is 6.48. The summed E-state index contributed by atoms with van der Waals surface area (Å²) in [6.45, 7) is 0.675. The Morgan fingerprint density at radius 1 is 0.783 bits per heavy atom. The average molecular weight is 417 g/mol. The van der Waals surface area contributed by atoms with E-state index in [1.807, 2.05) is 0 Å². The predicted molar refractivity (Wildman–Crippen MR) is 95.2 cm³/mol. The van der Waals surface area contributed by atoms with Crippen LogP contribution in [-0.4, -0.2) is 18.3 Å². The van der Waals surface area contributed by atoms with Crippen LogP contribution in [-0.2, 0) is 0 Å². The van der Waals surface area contributed by atoms with Crippen LogP contribution >= 0.6 is 58.0 Å². The maximum Gasteiger partial charge on any atom is 0.156 e. The van der Waals surface area contributed by atoms with Crippen LogP contribution in [0.5, 0.6) is 17.2 Å². The molecule has 0 amide bonds. The van der Waals surface area contributed by atoms with Crippen LogP contribution in [0, 0.1) is 0 Å². The number of ether oxygens (including phenoxy) is 2. The fourth-order valence-corrected chi connectivity index (χ4v) is 2.89. The molecule has 1 N–H and O–H groups in total. The minimum absolute atomic E-state index is 0.0232. The molecule has 3 nitrogen and oxygen atoms in total. The van der Waals surface area contributed by atoms with Crippen molar-refractivity contribution in [2.45, 2.75) is 6.42 Å². The minimum Gasteiger partial charge on any atom is -0.508 e. The first-order valence-electron chi connectivity index (χ1n) is 6.47. The largest absolute Gasteiger partial charge is 0.508 e. The first-order valence-corrected chi connectivity index (χ1v) is 8.36. The van der Waals surface area contributed by atoms with Crippen molar-refractivity contribution in [1.82, 2.24) is 0 Å². The van der Waals surface area contributed by atoms with Gasteiger partial charge in [-0.05, 0) is 12.1 Å². The number of phenols is 1. The molecule has 0 atom stereocenters. The van der Waals surface area contributed by atoms with E-state index in [9.17, 15) is 5.11 Å². The van der Waals surface area contributed by atoms with Gasteiger partial charge in [0.25, 0.3) is 0 Å². The molecule has 23 heavy (non-hydrogen) atoms. The molecule has 0 radical (unpaired) electrons. The Balaban J connectivity index is 1.84. The van der Waals surface area contributed by atoms with E-state index in [1.165, 1.54) is 12.1 Å². The van der Waals surface area contributed by atoms with Gasteiger partial charge in [0.1, 0.15) is 16.5 Å². The summed E-state index contributed by atoms with van der Waals surface area (Å²) in [5.74, 6) is 0.741. The molecule has 0 saturated heterocycles. The van der Waals surface area contributed by atoms with Crippen molar-refractivity contribution in [3.8, 4) is 17.2 Å². The van der Waals surface area contributed by atoms with Gasteiger partial charge in [0, 0.05) is 18.6 Å². The van der Waals surface area contributed by atoms with Crippen LogP contribution in [0.3, 0.4) is 0 Å². The molecule has 0 bridgehead atoms. The molecule has 0 aliphatic rings. The lowest BCUT2D eigenvalue weighted by Gasteiger charge is -2.12. The number of hydrogen-bond donors (Lipinski definition) is 1. The van der Waals surface area contributed by atoms with E-state index in [0.29, 0.717) is 36.2 Å². The number of hydrogen-bond acceptors (Lipinski definition) is 3. The second-order valence-electron chi connectivity index (χ2n) is 4.46. The molecule has 0 heterocycles. The molecule has 0 spiro atoms. The van der Waals surface area contributed by atoms with E-state index in [4.69, 9.17) is 67.5 Å². The number of rotatable bonds is 6. The zero-order chi connectivity index (χ0) is 17.0. The summed E-state index contributed by atoms with van der Waals surface area (Å²) in [6, 6.07) is 5.96. The highest BCUT2D eigenvalue weighted by Gasteiger charge is 2.11. The fourth-order valence-electron chi connectivity index (χ4n) is 1.72. The summed E-state index contributed by atoms with van der Waals surface area (Å²) in [4.78, 5) is 0. The molecule has 0 aliphatic carbocycles. The van der Waals surface area contributed by atoms with Crippen molar-refractivity contribution in [2.24, 2.45) is 0 Å². The maximum atomic E-state index is 9.34.